The van der Waals surface area contributed by atoms with Gasteiger partial charge in [0, 0.05) is 5.56 Å². The molecular weight excluding hydrogens is 222 g/mol. The van der Waals surface area contributed by atoms with Gasteiger partial charge in [-0.3, -0.25) is 0 Å². The first-order valence-corrected chi connectivity index (χ1v) is 6.39. The van der Waals surface area contributed by atoms with E-state index in [2.05, 4.69) is 17.9 Å². The highest BCUT2D eigenvalue weighted by molar-refractivity contribution is 5.42. The number of benzene rings is 1. The van der Waals surface area contributed by atoms with Crippen LogP contribution in [0.1, 0.15) is 50.7 Å². The predicted molar refractivity (Wildman–Crippen MR) is 72.8 cm³/mol. The van der Waals surface area contributed by atoms with Crippen molar-refractivity contribution in [2.24, 2.45) is 0 Å². The molecule has 0 saturated carbocycles. The van der Waals surface area contributed by atoms with Gasteiger partial charge in [-0.15, -0.1) is 0 Å². The van der Waals surface area contributed by atoms with Crippen LogP contribution in [-0.4, -0.2) is 10.7 Å². The summed E-state index contributed by atoms with van der Waals surface area (Å²) in [6.45, 7) is 4.08. The summed E-state index contributed by atoms with van der Waals surface area (Å²) in [6, 6.07) is 9.23. The van der Waals surface area contributed by atoms with Crippen molar-refractivity contribution >= 4 is 0 Å². The first-order valence-electron chi connectivity index (χ1n) is 6.39. The van der Waals surface area contributed by atoms with Gasteiger partial charge in [-0.2, -0.15) is 5.26 Å². The molecule has 0 fully saturated rings. The Morgan fingerprint density at radius 1 is 1.17 bits per heavy atom. The molecule has 0 aliphatic carbocycles. The van der Waals surface area contributed by atoms with Gasteiger partial charge in [-0.25, -0.2) is 0 Å². The van der Waals surface area contributed by atoms with Crippen molar-refractivity contribution in [3.05, 3.63) is 35.4 Å². The molecule has 18 heavy (non-hydrogen) atoms. The number of rotatable bonds is 4. The largest absolute Gasteiger partial charge is 0.378 e. The average molecular weight is 241 g/mol. The molecule has 1 rings (SSSR count). The Hall–Kier alpha value is -1.77. The van der Waals surface area contributed by atoms with Crippen molar-refractivity contribution in [3.63, 3.8) is 0 Å². The Balaban J connectivity index is 2.93. The molecule has 0 aliphatic rings. The predicted octanol–water partition coefficient (Wildman–Crippen LogP) is 3.24. The Morgan fingerprint density at radius 3 is 2.33 bits per heavy atom. The third-order valence-corrected chi connectivity index (χ3v) is 2.76. The van der Waals surface area contributed by atoms with Gasteiger partial charge in [0.05, 0.1) is 11.6 Å². The van der Waals surface area contributed by atoms with Gasteiger partial charge in [0.2, 0.25) is 0 Å². The Morgan fingerprint density at radius 2 is 1.78 bits per heavy atom. The monoisotopic (exact) mass is 241 g/mol. The van der Waals surface area contributed by atoms with E-state index in [9.17, 15) is 5.11 Å². The summed E-state index contributed by atoms with van der Waals surface area (Å²) in [6.07, 6.45) is 3.18. The number of aliphatic hydroxyl groups is 1. The SMILES string of the molecule is CCCC(O)(C#Cc1cccc(C#N)c1)CCC. The van der Waals surface area contributed by atoms with Crippen LogP contribution in [0, 0.1) is 23.2 Å². The molecule has 0 unspecified atom stereocenters. The Kier molecular flexibility index (Phi) is 5.43. The topological polar surface area (TPSA) is 44.0 Å². The first-order chi connectivity index (χ1) is 8.63. The van der Waals surface area contributed by atoms with E-state index in [0.29, 0.717) is 18.4 Å². The maximum atomic E-state index is 10.4. The minimum Gasteiger partial charge on any atom is -0.378 e. The third kappa shape index (κ3) is 4.24. The zero-order valence-electron chi connectivity index (χ0n) is 11.0. The summed E-state index contributed by atoms with van der Waals surface area (Å²) >= 11 is 0. The summed E-state index contributed by atoms with van der Waals surface area (Å²) in [5.74, 6) is 5.94. The van der Waals surface area contributed by atoms with Crippen LogP contribution in [0.4, 0.5) is 0 Å². The molecule has 94 valence electrons. The van der Waals surface area contributed by atoms with Crippen molar-refractivity contribution in [1.82, 2.24) is 0 Å². The van der Waals surface area contributed by atoms with Gasteiger partial charge in [0.25, 0.3) is 0 Å². The van der Waals surface area contributed by atoms with E-state index in [-0.39, 0.29) is 0 Å². The van der Waals surface area contributed by atoms with Crippen LogP contribution in [0.15, 0.2) is 24.3 Å². The van der Waals surface area contributed by atoms with Crippen LogP contribution in [-0.2, 0) is 0 Å². The van der Waals surface area contributed by atoms with Crippen LogP contribution < -0.4 is 0 Å². The highest BCUT2D eigenvalue weighted by Crippen LogP contribution is 2.18. The summed E-state index contributed by atoms with van der Waals surface area (Å²) in [7, 11) is 0. The molecule has 0 aromatic heterocycles. The molecule has 1 aromatic carbocycles. The molecular formula is C16H19NO. The molecule has 0 radical (unpaired) electrons. The second-order valence-electron chi connectivity index (χ2n) is 4.47. The zero-order valence-corrected chi connectivity index (χ0v) is 11.0. The van der Waals surface area contributed by atoms with E-state index in [1.807, 2.05) is 19.9 Å². The maximum Gasteiger partial charge on any atom is 0.125 e. The molecule has 0 aliphatic heterocycles. The first kappa shape index (κ1) is 14.3. The molecule has 1 N–H and O–H groups in total. The molecule has 2 nitrogen and oxygen atoms in total. The minimum absolute atomic E-state index is 0.594. The van der Waals surface area contributed by atoms with E-state index in [1.54, 1.807) is 18.2 Å². The fourth-order valence-electron chi connectivity index (χ4n) is 1.93. The van der Waals surface area contributed by atoms with E-state index in [0.717, 1.165) is 18.4 Å². The molecule has 0 bridgehead atoms. The normalized spacial score (nSPS) is 10.3. The molecule has 2 heteroatoms. The van der Waals surface area contributed by atoms with E-state index >= 15 is 0 Å². The van der Waals surface area contributed by atoms with Crippen LogP contribution in [0.3, 0.4) is 0 Å². The van der Waals surface area contributed by atoms with Crippen LogP contribution in [0.5, 0.6) is 0 Å². The summed E-state index contributed by atoms with van der Waals surface area (Å²) in [4.78, 5) is 0. The van der Waals surface area contributed by atoms with E-state index in [4.69, 9.17) is 5.26 Å². The lowest BCUT2D eigenvalue weighted by Crippen LogP contribution is -2.25. The summed E-state index contributed by atoms with van der Waals surface area (Å²) < 4.78 is 0. The lowest BCUT2D eigenvalue weighted by molar-refractivity contribution is 0.0807. The van der Waals surface area contributed by atoms with Crippen LogP contribution in [0.25, 0.3) is 0 Å². The highest BCUT2D eigenvalue weighted by Gasteiger charge is 2.21. The van der Waals surface area contributed by atoms with Crippen LogP contribution in [0.2, 0.25) is 0 Å². The fourth-order valence-corrected chi connectivity index (χ4v) is 1.93. The van der Waals surface area contributed by atoms with Gasteiger partial charge >= 0.3 is 0 Å². The van der Waals surface area contributed by atoms with Gasteiger partial charge in [0.15, 0.2) is 0 Å². The molecule has 0 saturated heterocycles. The lowest BCUT2D eigenvalue weighted by Gasteiger charge is -2.20. The Labute approximate surface area is 109 Å². The van der Waals surface area contributed by atoms with Crippen molar-refractivity contribution in [3.8, 4) is 17.9 Å². The fraction of sp³-hybridized carbons (Fsp3) is 0.438. The lowest BCUT2D eigenvalue weighted by atomic mass is 9.93. The average Bonchev–Trinajstić information content (AvgIpc) is 2.37. The summed E-state index contributed by atoms with van der Waals surface area (Å²) in [5.41, 5.74) is 0.475. The van der Waals surface area contributed by atoms with Gasteiger partial charge in [-0.05, 0) is 31.0 Å². The molecule has 1 aromatic rings. The van der Waals surface area contributed by atoms with Crippen molar-refractivity contribution < 1.29 is 5.11 Å². The van der Waals surface area contributed by atoms with Crippen molar-refractivity contribution in [1.29, 1.82) is 5.26 Å². The van der Waals surface area contributed by atoms with Gasteiger partial charge < -0.3 is 5.11 Å². The minimum atomic E-state index is -0.897. The number of hydrogen-bond donors (Lipinski definition) is 1. The van der Waals surface area contributed by atoms with E-state index < -0.39 is 5.60 Å². The Bertz CT molecular complexity index is 482. The zero-order chi connectivity index (χ0) is 13.4. The standard InChI is InChI=1S/C16H19NO/c1-3-9-16(18,10-4-2)11-8-14-6-5-7-15(12-14)13-17/h5-7,12,18H,3-4,9-10H2,1-2H3. The second-order valence-corrected chi connectivity index (χ2v) is 4.47. The molecule has 0 atom stereocenters. The van der Waals surface area contributed by atoms with Crippen molar-refractivity contribution in [2.45, 2.75) is 45.1 Å². The van der Waals surface area contributed by atoms with Crippen LogP contribution >= 0.6 is 0 Å². The summed E-state index contributed by atoms with van der Waals surface area (Å²) in [5, 5.41) is 19.2. The molecule has 0 amide bonds. The maximum absolute atomic E-state index is 10.4. The van der Waals surface area contributed by atoms with E-state index in [1.165, 1.54) is 0 Å². The third-order valence-electron chi connectivity index (χ3n) is 2.76. The molecule has 0 heterocycles. The highest BCUT2D eigenvalue weighted by atomic mass is 16.3. The smallest absolute Gasteiger partial charge is 0.125 e. The van der Waals surface area contributed by atoms with Gasteiger partial charge in [-0.1, -0.05) is 44.6 Å². The quantitative estimate of drug-likeness (QED) is 0.822. The van der Waals surface area contributed by atoms with Crippen molar-refractivity contribution in [2.75, 3.05) is 0 Å². The number of nitrogens with zero attached hydrogens (tertiary/aromatic N) is 1. The number of hydrogen-bond acceptors (Lipinski definition) is 2. The second kappa shape index (κ2) is 6.84. The van der Waals surface area contributed by atoms with Gasteiger partial charge in [0.1, 0.15) is 5.60 Å². The number of nitriles is 1. The molecule has 0 spiro atoms.